The van der Waals surface area contributed by atoms with Gasteiger partial charge in [-0.05, 0) is 23.3 Å². The number of fused-ring (bicyclic) bond motifs is 5. The molecule has 3 aromatic carbocycles. The monoisotopic (exact) mass is 866 g/mol. The van der Waals surface area contributed by atoms with E-state index in [0.717, 1.165) is 26.1 Å². The number of aryl methyl sites for hydroxylation is 2. The number of alkyl halides is 2. The zero-order valence-electron chi connectivity index (χ0n) is 30.5. The summed E-state index contributed by atoms with van der Waals surface area (Å²) in [5, 5.41) is 9.97. The number of benzene rings is 3. The van der Waals surface area contributed by atoms with Crippen molar-refractivity contribution in [2.75, 3.05) is 19.1 Å². The largest absolute Gasteiger partial charge is 0.505 e. The highest BCUT2D eigenvalue weighted by atomic mass is 35.5. The lowest BCUT2D eigenvalue weighted by atomic mass is 9.64. The first-order valence-corrected chi connectivity index (χ1v) is 18.1. The van der Waals surface area contributed by atoms with Crippen molar-refractivity contribution in [2.45, 2.75) is 47.6 Å². The van der Waals surface area contributed by atoms with Gasteiger partial charge in [0, 0.05) is 44.5 Å². The van der Waals surface area contributed by atoms with Crippen molar-refractivity contribution in [1.29, 1.82) is 0 Å². The van der Waals surface area contributed by atoms with E-state index in [4.69, 9.17) is 32.7 Å². The average Bonchev–Trinajstić information content (AvgIpc) is 3.54. The number of phenols is 1. The minimum atomic E-state index is -2.92. The molecule has 2 aromatic heterocycles. The van der Waals surface area contributed by atoms with Gasteiger partial charge in [-0.3, -0.25) is 14.4 Å². The first-order valence-electron chi connectivity index (χ1n) is 17.3. The number of phenolic OH excluding ortho intramolecular Hbond substituents is 1. The van der Waals surface area contributed by atoms with E-state index in [1.807, 2.05) is 0 Å². The fourth-order valence-electron chi connectivity index (χ4n) is 8.23. The third-order valence-corrected chi connectivity index (χ3v) is 12.5. The van der Waals surface area contributed by atoms with Gasteiger partial charge in [0.25, 0.3) is 17.4 Å². The number of imide groups is 1. The summed E-state index contributed by atoms with van der Waals surface area (Å²) in [5.74, 6) is -19.5. The third-order valence-electron chi connectivity index (χ3n) is 11.1. The van der Waals surface area contributed by atoms with E-state index in [1.165, 1.54) is 38.0 Å². The highest BCUT2D eigenvalue weighted by molar-refractivity contribution is 6.58. The fraction of sp³-hybridized carbons (Fsp3) is 0.297. The van der Waals surface area contributed by atoms with Crippen LogP contribution in [0.4, 0.5) is 32.0 Å². The number of carbonyl (C=O) groups excluding carboxylic acids is 2. The van der Waals surface area contributed by atoms with Crippen LogP contribution in [0, 0.1) is 34.9 Å². The number of methoxy groups -OCH3 is 2. The van der Waals surface area contributed by atoms with Gasteiger partial charge in [-0.2, -0.15) is 0 Å². The summed E-state index contributed by atoms with van der Waals surface area (Å²) in [6.45, 7) is -0.829. The molecule has 5 aromatic rings. The second-order valence-electron chi connectivity index (χ2n) is 14.0. The molecular formula is C37H26Cl2F6N6O8. The number of carbonyl (C=O) groups is 2. The Morgan fingerprint density at radius 3 is 2.12 bits per heavy atom. The number of aromatic nitrogens is 5. The van der Waals surface area contributed by atoms with Gasteiger partial charge < -0.3 is 19.1 Å². The van der Waals surface area contributed by atoms with Crippen LogP contribution in [0.1, 0.15) is 29.6 Å². The van der Waals surface area contributed by atoms with E-state index < -0.39 is 116 Å². The maximum Gasteiger partial charge on any atom is 0.347 e. The first kappa shape index (κ1) is 39.8. The van der Waals surface area contributed by atoms with E-state index >= 15 is 8.78 Å². The lowest BCUT2D eigenvalue weighted by Gasteiger charge is -2.49. The molecule has 59 heavy (non-hydrogen) atoms. The zero-order chi connectivity index (χ0) is 42.8. The molecule has 1 saturated carbocycles. The van der Waals surface area contributed by atoms with Crippen molar-refractivity contribution < 1.29 is 50.5 Å². The average molecular weight is 868 g/mol. The van der Waals surface area contributed by atoms with Gasteiger partial charge in [-0.15, -0.1) is 23.2 Å². The highest BCUT2D eigenvalue weighted by Gasteiger charge is 2.76. The van der Waals surface area contributed by atoms with Crippen LogP contribution in [0.15, 0.2) is 56.4 Å². The number of ether oxygens (including phenoxy) is 2. The molecule has 3 aliphatic rings. The van der Waals surface area contributed by atoms with Gasteiger partial charge in [0.15, 0.2) is 56.1 Å². The Labute approximate surface area is 335 Å². The Balaban J connectivity index is 1.25. The van der Waals surface area contributed by atoms with Gasteiger partial charge in [-0.1, -0.05) is 12.1 Å². The quantitative estimate of drug-likeness (QED) is 0.0636. The van der Waals surface area contributed by atoms with Gasteiger partial charge in [-0.25, -0.2) is 59.7 Å². The molecule has 1 aliphatic carbocycles. The Bertz CT molecular complexity index is 2920. The van der Waals surface area contributed by atoms with E-state index in [-0.39, 0.29) is 28.2 Å². The van der Waals surface area contributed by atoms with Crippen LogP contribution < -0.4 is 31.3 Å². The van der Waals surface area contributed by atoms with Crippen molar-refractivity contribution >= 4 is 51.7 Å². The molecule has 4 heterocycles. The van der Waals surface area contributed by atoms with Crippen molar-refractivity contribution in [3.8, 4) is 17.2 Å². The topological polar surface area (TPSA) is 160 Å². The molecule has 1 saturated heterocycles. The van der Waals surface area contributed by atoms with E-state index in [0.29, 0.717) is 28.6 Å². The van der Waals surface area contributed by atoms with Gasteiger partial charge in [0.1, 0.15) is 11.4 Å². The number of rotatable bonds is 7. The second-order valence-corrected chi connectivity index (χ2v) is 15.2. The molecule has 4 unspecified atom stereocenters. The van der Waals surface area contributed by atoms with E-state index in [2.05, 4.69) is 4.98 Å². The fourth-order valence-corrected chi connectivity index (χ4v) is 9.15. The van der Waals surface area contributed by atoms with Gasteiger partial charge >= 0.3 is 11.4 Å². The number of allylic oxidation sites excluding steroid dienone is 2. The number of nitrogens with zero attached hydrogens (tertiary/aromatic N) is 6. The maximum absolute atomic E-state index is 15.3. The molecule has 22 heteroatoms. The Hall–Kier alpha value is -6.02. The number of aromatic hydroxyl groups is 1. The number of amides is 2. The zero-order valence-corrected chi connectivity index (χ0v) is 32.0. The summed E-state index contributed by atoms with van der Waals surface area (Å²) in [6, 6.07) is 4.21. The normalized spacial score (nSPS) is 22.4. The molecule has 4 atom stereocenters. The van der Waals surface area contributed by atoms with Crippen molar-refractivity contribution in [1.82, 2.24) is 23.5 Å². The molecular weight excluding hydrogens is 841 g/mol. The minimum Gasteiger partial charge on any atom is -0.505 e. The predicted molar refractivity (Wildman–Crippen MR) is 195 cm³/mol. The van der Waals surface area contributed by atoms with Gasteiger partial charge in [0.05, 0.1) is 37.8 Å². The van der Waals surface area contributed by atoms with Crippen LogP contribution in [-0.2, 0) is 36.1 Å². The third kappa shape index (κ3) is 5.27. The highest BCUT2D eigenvalue weighted by Crippen LogP contribution is 2.64. The minimum absolute atomic E-state index is 0.0320. The molecule has 0 bridgehead atoms. The molecule has 2 fully saturated rings. The van der Waals surface area contributed by atoms with E-state index in [9.17, 15) is 46.6 Å². The summed E-state index contributed by atoms with van der Waals surface area (Å²) in [4.78, 5) is 68.4. The van der Waals surface area contributed by atoms with Crippen molar-refractivity contribution in [3.05, 3.63) is 119 Å². The lowest BCUT2D eigenvalue weighted by molar-refractivity contribution is -0.122. The molecule has 1 N–H and O–H groups in total. The van der Waals surface area contributed by atoms with Crippen LogP contribution in [0.2, 0.25) is 0 Å². The second kappa shape index (κ2) is 13.5. The Morgan fingerprint density at radius 1 is 0.864 bits per heavy atom. The predicted octanol–water partition coefficient (Wildman–Crippen LogP) is 4.06. The molecule has 0 radical (unpaired) electrons. The number of hydrogen-bond donors (Lipinski definition) is 1. The molecule has 2 amide bonds. The summed E-state index contributed by atoms with van der Waals surface area (Å²) < 4.78 is 103. The number of halogens is 8. The van der Waals surface area contributed by atoms with Crippen LogP contribution >= 0.6 is 23.2 Å². The molecule has 308 valence electrons. The standard InChI is InChI=1S/C37H26Cl2F6N6O8/c1-47-19-12-23(59-3)22(58-2)11-18(19)46-17(31(47)53)7-8-48-34(56)49-9-6-15-20(51(49)35(48)57)13-36(38)32(54)50(30-28(44)26(42)25(41)27(43)29(30)45)33(55)37(36,39)24(15)14-4-5-21(52)16(40)10-14/h4-6,10-12,20,24,52H,7-9,13H2,1-3H3. The Kier molecular flexibility index (Phi) is 9.11. The smallest absolute Gasteiger partial charge is 0.347 e. The summed E-state index contributed by atoms with van der Waals surface area (Å²) in [6.07, 6.45) is 0.177. The van der Waals surface area contributed by atoms with Crippen molar-refractivity contribution in [3.63, 3.8) is 0 Å². The van der Waals surface area contributed by atoms with Crippen LogP contribution in [-0.4, -0.2) is 64.4 Å². The van der Waals surface area contributed by atoms with E-state index in [1.54, 1.807) is 6.07 Å². The summed E-state index contributed by atoms with van der Waals surface area (Å²) >= 11 is 14.1. The van der Waals surface area contributed by atoms with Crippen molar-refractivity contribution in [2.24, 2.45) is 7.05 Å². The van der Waals surface area contributed by atoms with Gasteiger partial charge in [0.2, 0.25) is 5.82 Å². The summed E-state index contributed by atoms with van der Waals surface area (Å²) in [5.41, 5.74) is -4.13. The number of hydrogen-bond acceptors (Lipinski definition) is 9. The first-order chi connectivity index (χ1) is 27.8. The SMILES string of the molecule is COc1cc2nc(CCn3c(=O)n4n(c3=O)C3CC5(Cl)C(=O)N(c6c(F)c(F)c(F)c(F)c6F)C(=O)C5(Cl)C(c5ccc(O)c(F)c5)C3=CC4)c(=O)n(C)c2cc1OC. The van der Waals surface area contributed by atoms with Crippen LogP contribution in [0.5, 0.6) is 17.2 Å². The number of anilines is 1. The van der Waals surface area contributed by atoms with Crippen LogP contribution in [0.25, 0.3) is 11.0 Å². The molecule has 2 aliphatic heterocycles. The Morgan fingerprint density at radius 2 is 1.49 bits per heavy atom. The molecule has 8 rings (SSSR count). The lowest BCUT2D eigenvalue weighted by Crippen LogP contribution is -2.59. The molecule has 14 nitrogen and oxygen atoms in total. The summed E-state index contributed by atoms with van der Waals surface area (Å²) in [7, 11) is 4.30. The molecule has 0 spiro atoms. The maximum atomic E-state index is 15.3. The van der Waals surface area contributed by atoms with Crippen LogP contribution in [0.3, 0.4) is 0 Å².